The molecule has 0 saturated carbocycles. The van der Waals surface area contributed by atoms with Gasteiger partial charge in [0, 0.05) is 45.1 Å². The molecule has 3 N–H and O–H groups in total. The molecule has 2 saturated heterocycles. The van der Waals surface area contributed by atoms with E-state index < -0.39 is 73.5 Å². The number of aliphatic hydroxyl groups is 1. The van der Waals surface area contributed by atoms with Gasteiger partial charge in [0.05, 0.1) is 48.1 Å². The van der Waals surface area contributed by atoms with Gasteiger partial charge in [-0.15, -0.1) is 0 Å². The lowest BCUT2D eigenvalue weighted by molar-refractivity contribution is -0.141. The summed E-state index contributed by atoms with van der Waals surface area (Å²) in [5, 5.41) is 11.6. The van der Waals surface area contributed by atoms with Crippen molar-refractivity contribution in [2.75, 3.05) is 58.4 Å². The molecule has 41 heavy (non-hydrogen) atoms. The highest BCUT2D eigenvalue weighted by molar-refractivity contribution is 7.92. The number of sulfonamides is 1. The monoisotopic (exact) mass is 621 g/mol. The molecular weight excluding hydrogens is 591 g/mol. The number of halogens is 5. The van der Waals surface area contributed by atoms with Gasteiger partial charge < -0.3 is 20.2 Å². The Kier molecular flexibility index (Phi) is 9.08. The van der Waals surface area contributed by atoms with Gasteiger partial charge in [0.25, 0.3) is 11.8 Å². The summed E-state index contributed by atoms with van der Waals surface area (Å²) in [7, 11) is -4.38. The average molecular weight is 622 g/mol. The number of aromatic nitrogens is 2. The van der Waals surface area contributed by atoms with Crippen molar-refractivity contribution in [2.24, 2.45) is 0 Å². The maximum atomic E-state index is 13.7. The first-order chi connectivity index (χ1) is 19.2. The Morgan fingerprint density at radius 2 is 1.73 bits per heavy atom. The minimum atomic E-state index is -4.92. The van der Waals surface area contributed by atoms with E-state index in [1.165, 1.54) is 23.1 Å². The fourth-order valence-corrected chi connectivity index (χ4v) is 6.91. The molecule has 0 aliphatic carbocycles. The minimum absolute atomic E-state index is 0.179. The van der Waals surface area contributed by atoms with Crippen LogP contribution in [-0.4, -0.2) is 82.7 Å². The molecule has 224 valence electrons. The Morgan fingerprint density at radius 3 is 2.34 bits per heavy atom. The number of rotatable bonds is 8. The quantitative estimate of drug-likeness (QED) is 0.301. The van der Waals surface area contributed by atoms with Crippen LogP contribution in [0, 0.1) is 0 Å². The first-order valence-corrected chi connectivity index (χ1v) is 16.9. The number of benzene rings is 1. The summed E-state index contributed by atoms with van der Waals surface area (Å²) in [6, 6.07) is 6.78. The Morgan fingerprint density at radius 1 is 1.07 bits per heavy atom. The number of nitrogens with one attached hydrogen (secondary N) is 2. The maximum absolute atomic E-state index is 13.7. The summed E-state index contributed by atoms with van der Waals surface area (Å²) in [6.07, 6.45) is -6.04. The normalized spacial score (nSPS) is 17.9. The highest BCUT2D eigenvalue weighted by Gasteiger charge is 2.38. The molecule has 1 aromatic heterocycles. The highest BCUT2D eigenvalue weighted by atomic mass is 32.2. The molecule has 2 aliphatic heterocycles. The van der Waals surface area contributed by atoms with Gasteiger partial charge in [0.15, 0.2) is 5.69 Å². The molecule has 2 aliphatic rings. The van der Waals surface area contributed by atoms with Crippen molar-refractivity contribution in [2.45, 2.75) is 43.6 Å². The lowest BCUT2D eigenvalue weighted by Gasteiger charge is -2.32. The number of alkyl halides is 5. The number of aliphatic hydroxyl groups excluding tert-OH is 1. The molecule has 2 aromatic rings. The van der Waals surface area contributed by atoms with Crippen molar-refractivity contribution in [3.8, 4) is 0 Å². The van der Waals surface area contributed by atoms with Crippen LogP contribution in [0.3, 0.4) is 0 Å². The fourth-order valence-electron chi connectivity index (χ4n) is 4.53. The van der Waals surface area contributed by atoms with E-state index >= 15 is 0 Å². The van der Waals surface area contributed by atoms with Crippen molar-refractivity contribution in [3.05, 3.63) is 35.8 Å². The number of hydrogen-bond donors (Lipinski definition) is 3. The first kappa shape index (κ1) is 30.9. The molecule has 0 spiro atoms. The van der Waals surface area contributed by atoms with E-state index in [-0.39, 0.29) is 30.3 Å². The summed E-state index contributed by atoms with van der Waals surface area (Å²) in [5.41, 5.74) is -0.555. The number of amides is 1. The van der Waals surface area contributed by atoms with Crippen LogP contribution in [0.4, 0.5) is 44.8 Å². The maximum Gasteiger partial charge on any atom is 0.433 e. The lowest BCUT2D eigenvalue weighted by atomic mass is 10.1. The molecular formula is C24H30F5N6O4SSi+. The number of carbonyl (C=O) groups excluding carboxylic acids is 1. The van der Waals surface area contributed by atoms with Crippen LogP contribution in [0.5, 0.6) is 0 Å². The van der Waals surface area contributed by atoms with Crippen molar-refractivity contribution in [3.63, 3.8) is 0 Å². The van der Waals surface area contributed by atoms with Gasteiger partial charge in [0.2, 0.25) is 15.8 Å². The third-order valence-corrected chi connectivity index (χ3v) is 10.3. The molecule has 0 bridgehead atoms. The van der Waals surface area contributed by atoms with Gasteiger partial charge in [-0.3, -0.25) is 9.52 Å². The summed E-state index contributed by atoms with van der Waals surface area (Å²) >= 11 is 0. The zero-order chi connectivity index (χ0) is 30.0. The zero-order valence-corrected chi connectivity index (χ0v) is 24.0. The van der Waals surface area contributed by atoms with E-state index in [1.54, 1.807) is 0 Å². The van der Waals surface area contributed by atoms with Crippen LogP contribution < -0.4 is 19.8 Å². The lowest BCUT2D eigenvalue weighted by Crippen LogP contribution is -2.40. The van der Waals surface area contributed by atoms with Crippen molar-refractivity contribution < 1.29 is 40.3 Å². The molecule has 10 nitrogen and oxygen atoms in total. The second-order valence-electron chi connectivity index (χ2n) is 10.1. The van der Waals surface area contributed by atoms with Gasteiger partial charge in [-0.2, -0.15) is 13.2 Å². The molecule has 0 unspecified atom stereocenters. The number of hydrogen-bond acceptors (Lipinski definition) is 8. The number of nitrogens with zero attached hydrogens (tertiary/aromatic N) is 4. The molecule has 0 atom stereocenters. The fraction of sp³-hybridized carbons (Fsp3) is 0.542. The second kappa shape index (κ2) is 12.0. The van der Waals surface area contributed by atoms with E-state index in [1.807, 2.05) is 4.90 Å². The van der Waals surface area contributed by atoms with Gasteiger partial charge in [-0.1, -0.05) is 0 Å². The van der Waals surface area contributed by atoms with E-state index in [9.17, 15) is 35.2 Å². The molecule has 4 rings (SSSR count). The van der Waals surface area contributed by atoms with E-state index in [4.69, 9.17) is 5.11 Å². The minimum Gasteiger partial charge on any atom is -0.395 e. The van der Waals surface area contributed by atoms with E-state index in [2.05, 4.69) is 26.6 Å². The Labute approximate surface area is 235 Å². The first-order valence-electron chi connectivity index (χ1n) is 12.9. The third-order valence-electron chi connectivity index (χ3n) is 6.86. The van der Waals surface area contributed by atoms with Crippen molar-refractivity contribution >= 4 is 47.6 Å². The van der Waals surface area contributed by atoms with Crippen molar-refractivity contribution in [1.29, 1.82) is 0 Å². The highest BCUT2D eigenvalue weighted by Crippen LogP contribution is 2.35. The molecule has 3 heterocycles. The summed E-state index contributed by atoms with van der Waals surface area (Å²) in [4.78, 5) is 23.8. The van der Waals surface area contributed by atoms with Gasteiger partial charge in [-0.05, 0) is 18.2 Å². The molecule has 0 radical (unpaired) electrons. The van der Waals surface area contributed by atoms with Gasteiger partial charge in [-0.25, -0.2) is 27.2 Å². The summed E-state index contributed by atoms with van der Waals surface area (Å²) in [5.74, 6) is -5.57. The van der Waals surface area contributed by atoms with Crippen LogP contribution in [0.15, 0.2) is 24.3 Å². The van der Waals surface area contributed by atoms with Crippen LogP contribution in [0.25, 0.3) is 0 Å². The zero-order valence-electron chi connectivity index (χ0n) is 22.1. The number of carbonyl (C=O) groups is 1. The van der Waals surface area contributed by atoms with Crippen LogP contribution in [0.1, 0.15) is 29.2 Å². The van der Waals surface area contributed by atoms with Crippen LogP contribution >= 0.6 is 0 Å². The smallest absolute Gasteiger partial charge is 0.395 e. The SMILES string of the molecule is C[Si+]1CCN(c2cc(NS(=O)(=O)CCO)ccc2NC(=O)c2nc(N3CCC(F)(F)CC3)cc(C(F)(F)F)n2)CC1. The van der Waals surface area contributed by atoms with E-state index in [0.717, 1.165) is 12.1 Å². The van der Waals surface area contributed by atoms with Crippen molar-refractivity contribution in [1.82, 2.24) is 9.97 Å². The Balaban J connectivity index is 1.66. The van der Waals surface area contributed by atoms with Gasteiger partial charge in [0.1, 0.15) is 5.82 Å². The molecule has 17 heteroatoms. The number of anilines is 4. The molecule has 2 fully saturated rings. The van der Waals surface area contributed by atoms with Gasteiger partial charge >= 0.3 is 15.0 Å². The second-order valence-corrected chi connectivity index (χ2v) is 14.8. The summed E-state index contributed by atoms with van der Waals surface area (Å²) < 4.78 is 95.0. The predicted octanol–water partition coefficient (Wildman–Crippen LogP) is 3.66. The Hall–Kier alpha value is -3.05. The molecule has 1 aromatic carbocycles. The summed E-state index contributed by atoms with van der Waals surface area (Å²) in [6.45, 7) is 2.39. The Bertz CT molecular complexity index is 1360. The average Bonchev–Trinajstić information content (AvgIpc) is 2.89. The third kappa shape index (κ3) is 8.03. The predicted molar refractivity (Wildman–Crippen MR) is 146 cm³/mol. The van der Waals surface area contributed by atoms with Crippen LogP contribution in [0.2, 0.25) is 18.6 Å². The topological polar surface area (TPSA) is 128 Å². The molecule has 1 amide bonds. The largest absolute Gasteiger partial charge is 0.433 e. The number of piperidine rings is 1. The standard InChI is InChI=1S/C24H29F5N6O4SSi/c1-41-12-8-34(9-13-41)18-14-16(33-40(38,39)11-10-36)2-3-17(18)30-22(37)21-31-19(24(27,28)29)15-20(32-21)35-6-4-23(25,26)5-7-35/h2-3,14-15,36H,4-13H2,1H3,(H-,30,31,32,33,37)/p+1. The van der Waals surface area contributed by atoms with Crippen LogP contribution in [-0.2, 0) is 16.2 Å². The van der Waals surface area contributed by atoms with E-state index in [0.29, 0.717) is 24.8 Å².